The summed E-state index contributed by atoms with van der Waals surface area (Å²) >= 11 is 3.50. The van der Waals surface area contributed by atoms with E-state index in [1.165, 1.54) is 24.0 Å². The standard InChI is InChI=1S/C14H15BrN2/c1-10(11-5-6-11)17-9-13(8-16-17)12-3-2-4-14(15)7-12/h2-4,7-11H,5-6H2,1H3. The van der Waals surface area contributed by atoms with Gasteiger partial charge >= 0.3 is 0 Å². The Kier molecular flexibility index (Phi) is 2.79. The normalized spacial score (nSPS) is 17.1. The summed E-state index contributed by atoms with van der Waals surface area (Å²) in [6.07, 6.45) is 6.83. The maximum atomic E-state index is 4.48. The van der Waals surface area contributed by atoms with Crippen molar-refractivity contribution in [2.75, 3.05) is 0 Å². The van der Waals surface area contributed by atoms with Crippen molar-refractivity contribution in [2.24, 2.45) is 5.92 Å². The number of halogens is 1. The molecule has 1 fully saturated rings. The van der Waals surface area contributed by atoms with Gasteiger partial charge in [0, 0.05) is 16.2 Å². The van der Waals surface area contributed by atoms with Crippen molar-refractivity contribution in [3.63, 3.8) is 0 Å². The summed E-state index contributed by atoms with van der Waals surface area (Å²) < 4.78 is 3.21. The Hall–Kier alpha value is -1.09. The fraction of sp³-hybridized carbons (Fsp3) is 0.357. The van der Waals surface area contributed by atoms with E-state index in [-0.39, 0.29) is 0 Å². The molecule has 1 saturated carbocycles. The number of benzene rings is 1. The van der Waals surface area contributed by atoms with Gasteiger partial charge in [-0.3, -0.25) is 4.68 Å². The van der Waals surface area contributed by atoms with Crippen LogP contribution in [0.5, 0.6) is 0 Å². The lowest BCUT2D eigenvalue weighted by atomic mass is 10.1. The Balaban J connectivity index is 1.89. The Morgan fingerprint density at radius 3 is 2.88 bits per heavy atom. The van der Waals surface area contributed by atoms with E-state index in [2.05, 4.69) is 57.0 Å². The van der Waals surface area contributed by atoms with Crippen LogP contribution in [0.4, 0.5) is 0 Å². The minimum Gasteiger partial charge on any atom is -0.269 e. The van der Waals surface area contributed by atoms with Crippen molar-refractivity contribution in [1.82, 2.24) is 9.78 Å². The molecule has 1 aliphatic rings. The molecule has 2 aromatic rings. The summed E-state index contributed by atoms with van der Waals surface area (Å²) in [6.45, 7) is 2.26. The van der Waals surface area contributed by atoms with Gasteiger partial charge in [0.2, 0.25) is 0 Å². The largest absolute Gasteiger partial charge is 0.269 e. The van der Waals surface area contributed by atoms with E-state index < -0.39 is 0 Å². The molecule has 0 saturated heterocycles. The van der Waals surface area contributed by atoms with Crippen molar-refractivity contribution in [2.45, 2.75) is 25.8 Å². The lowest BCUT2D eigenvalue weighted by Gasteiger charge is -2.09. The second-order valence-electron chi connectivity index (χ2n) is 4.80. The predicted molar refractivity (Wildman–Crippen MR) is 72.8 cm³/mol. The summed E-state index contributed by atoms with van der Waals surface area (Å²) in [5, 5.41) is 4.48. The molecule has 0 bridgehead atoms. The zero-order chi connectivity index (χ0) is 11.8. The molecular formula is C14H15BrN2. The van der Waals surface area contributed by atoms with E-state index in [0.717, 1.165) is 10.4 Å². The van der Waals surface area contributed by atoms with Gasteiger partial charge in [-0.1, -0.05) is 28.1 Å². The maximum absolute atomic E-state index is 4.48. The molecule has 1 heterocycles. The van der Waals surface area contributed by atoms with Crippen molar-refractivity contribution >= 4 is 15.9 Å². The van der Waals surface area contributed by atoms with Gasteiger partial charge in [0.15, 0.2) is 0 Å². The summed E-state index contributed by atoms with van der Waals surface area (Å²) in [5.41, 5.74) is 2.41. The molecule has 1 aromatic heterocycles. The molecule has 2 nitrogen and oxygen atoms in total. The summed E-state index contributed by atoms with van der Waals surface area (Å²) in [6, 6.07) is 8.88. The summed E-state index contributed by atoms with van der Waals surface area (Å²) in [4.78, 5) is 0. The Labute approximate surface area is 110 Å². The number of aromatic nitrogens is 2. The molecule has 0 N–H and O–H groups in total. The molecule has 1 unspecified atom stereocenters. The first-order valence-electron chi connectivity index (χ1n) is 6.04. The first kappa shape index (κ1) is 11.0. The minimum absolute atomic E-state index is 0.538. The fourth-order valence-electron chi connectivity index (χ4n) is 2.17. The molecule has 1 aromatic carbocycles. The van der Waals surface area contributed by atoms with Crippen LogP contribution in [0.1, 0.15) is 25.8 Å². The first-order valence-corrected chi connectivity index (χ1v) is 6.83. The number of nitrogens with zero attached hydrogens (tertiary/aromatic N) is 2. The molecular weight excluding hydrogens is 276 g/mol. The van der Waals surface area contributed by atoms with Crippen LogP contribution in [0.25, 0.3) is 11.1 Å². The van der Waals surface area contributed by atoms with E-state index in [0.29, 0.717) is 6.04 Å². The fourth-order valence-corrected chi connectivity index (χ4v) is 2.57. The van der Waals surface area contributed by atoms with Crippen molar-refractivity contribution in [3.05, 3.63) is 41.1 Å². The molecule has 88 valence electrons. The Morgan fingerprint density at radius 2 is 2.18 bits per heavy atom. The highest BCUT2D eigenvalue weighted by Gasteiger charge is 2.29. The molecule has 3 heteroatoms. The number of rotatable bonds is 3. The molecule has 17 heavy (non-hydrogen) atoms. The summed E-state index contributed by atoms with van der Waals surface area (Å²) in [7, 11) is 0. The third-order valence-corrected chi connectivity index (χ3v) is 3.97. The van der Waals surface area contributed by atoms with Crippen molar-refractivity contribution in [1.29, 1.82) is 0 Å². The van der Waals surface area contributed by atoms with E-state index in [1.54, 1.807) is 0 Å². The average Bonchev–Trinajstić information content (AvgIpc) is 3.05. The lowest BCUT2D eigenvalue weighted by Crippen LogP contribution is -2.06. The van der Waals surface area contributed by atoms with Crippen LogP contribution in [-0.4, -0.2) is 9.78 Å². The predicted octanol–water partition coefficient (Wildman–Crippen LogP) is 4.28. The van der Waals surface area contributed by atoms with Crippen LogP contribution in [-0.2, 0) is 0 Å². The second-order valence-corrected chi connectivity index (χ2v) is 5.71. The second kappa shape index (κ2) is 4.30. The SMILES string of the molecule is CC(C1CC1)n1cc(-c2cccc(Br)c2)cn1. The minimum atomic E-state index is 0.538. The van der Waals surface area contributed by atoms with Crippen LogP contribution in [0.2, 0.25) is 0 Å². The first-order chi connectivity index (χ1) is 8.24. The molecule has 0 aliphatic heterocycles. The van der Waals surface area contributed by atoms with Gasteiger partial charge < -0.3 is 0 Å². The lowest BCUT2D eigenvalue weighted by molar-refractivity contribution is 0.440. The van der Waals surface area contributed by atoms with Gasteiger partial charge in [-0.15, -0.1) is 0 Å². The van der Waals surface area contributed by atoms with Crippen molar-refractivity contribution in [3.8, 4) is 11.1 Å². The zero-order valence-electron chi connectivity index (χ0n) is 9.81. The molecule has 0 radical (unpaired) electrons. The molecule has 1 atom stereocenters. The molecule has 0 amide bonds. The van der Waals surface area contributed by atoms with E-state index in [9.17, 15) is 0 Å². The summed E-state index contributed by atoms with van der Waals surface area (Å²) in [5.74, 6) is 0.838. The van der Waals surface area contributed by atoms with Crippen LogP contribution in [0.3, 0.4) is 0 Å². The Bertz CT molecular complexity index is 529. The monoisotopic (exact) mass is 290 g/mol. The van der Waals surface area contributed by atoms with Gasteiger partial charge in [0.25, 0.3) is 0 Å². The van der Waals surface area contributed by atoms with Crippen molar-refractivity contribution < 1.29 is 0 Å². The van der Waals surface area contributed by atoms with Crippen LogP contribution >= 0.6 is 15.9 Å². The topological polar surface area (TPSA) is 17.8 Å². The van der Waals surface area contributed by atoms with Gasteiger partial charge in [-0.2, -0.15) is 5.10 Å². The van der Waals surface area contributed by atoms with Crippen LogP contribution < -0.4 is 0 Å². The zero-order valence-corrected chi connectivity index (χ0v) is 11.4. The third-order valence-electron chi connectivity index (χ3n) is 3.48. The number of hydrogen-bond donors (Lipinski definition) is 0. The van der Waals surface area contributed by atoms with Gasteiger partial charge in [-0.05, 0) is 43.4 Å². The quantitative estimate of drug-likeness (QED) is 0.825. The van der Waals surface area contributed by atoms with E-state index in [1.807, 2.05) is 12.3 Å². The average molecular weight is 291 g/mol. The molecule has 0 spiro atoms. The molecule has 1 aliphatic carbocycles. The number of hydrogen-bond acceptors (Lipinski definition) is 1. The highest BCUT2D eigenvalue weighted by molar-refractivity contribution is 9.10. The highest BCUT2D eigenvalue weighted by Crippen LogP contribution is 2.39. The van der Waals surface area contributed by atoms with Gasteiger partial charge in [0.05, 0.1) is 12.2 Å². The smallest absolute Gasteiger partial charge is 0.0568 e. The maximum Gasteiger partial charge on any atom is 0.0568 e. The van der Waals surface area contributed by atoms with Crippen LogP contribution in [0, 0.1) is 5.92 Å². The molecule has 3 rings (SSSR count). The van der Waals surface area contributed by atoms with Crippen LogP contribution in [0.15, 0.2) is 41.1 Å². The third kappa shape index (κ3) is 2.29. The Morgan fingerprint density at radius 1 is 1.35 bits per heavy atom. The van der Waals surface area contributed by atoms with E-state index in [4.69, 9.17) is 0 Å². The highest BCUT2D eigenvalue weighted by atomic mass is 79.9. The van der Waals surface area contributed by atoms with Gasteiger partial charge in [0.1, 0.15) is 0 Å². The van der Waals surface area contributed by atoms with E-state index >= 15 is 0 Å². The van der Waals surface area contributed by atoms with Gasteiger partial charge in [-0.25, -0.2) is 0 Å².